The van der Waals surface area contributed by atoms with E-state index in [1.807, 2.05) is 0 Å². The molecule has 0 aliphatic carbocycles. The molecule has 0 spiro atoms. The van der Waals surface area contributed by atoms with Gasteiger partial charge in [-0.2, -0.15) is 4.39 Å². The summed E-state index contributed by atoms with van der Waals surface area (Å²) in [7, 11) is 1.23. The summed E-state index contributed by atoms with van der Waals surface area (Å²) in [5, 5.41) is 2.64. The van der Waals surface area contributed by atoms with E-state index in [9.17, 15) is 18.4 Å². The van der Waals surface area contributed by atoms with Gasteiger partial charge in [-0.15, -0.1) is 0 Å². The predicted molar refractivity (Wildman–Crippen MR) is 96.0 cm³/mol. The summed E-state index contributed by atoms with van der Waals surface area (Å²) in [6.07, 6.45) is 0.516. The molecule has 148 valence electrons. The van der Waals surface area contributed by atoms with Crippen LogP contribution in [0.25, 0.3) is 0 Å². The fraction of sp³-hybridized carbons (Fsp3) is 0.316. The van der Waals surface area contributed by atoms with Gasteiger partial charge < -0.3 is 20.5 Å². The summed E-state index contributed by atoms with van der Waals surface area (Å²) >= 11 is 0. The zero-order chi connectivity index (χ0) is 20.4. The van der Waals surface area contributed by atoms with Crippen LogP contribution in [0.4, 0.5) is 14.5 Å². The number of nitrogens with two attached hydrogens (primary N) is 1. The topological polar surface area (TPSA) is 104 Å². The van der Waals surface area contributed by atoms with Crippen molar-refractivity contribution < 1.29 is 27.8 Å². The number of nitrogens with zero attached hydrogens (tertiary/aromatic N) is 1. The van der Waals surface area contributed by atoms with Crippen LogP contribution in [0.2, 0.25) is 0 Å². The lowest BCUT2D eigenvalue weighted by atomic mass is 9.89. The first-order chi connectivity index (χ1) is 13.3. The number of carbonyl (C=O) groups is 2. The SMILES string of the molecule is COc1c(C2CC(C)OC2C(=O)Nc2ccnc(C(N)=O)c2)ccc(F)c1F. The average molecular weight is 391 g/mol. The predicted octanol–water partition coefficient (Wildman–Crippen LogP) is 2.37. The molecule has 1 saturated heterocycles. The molecule has 3 atom stereocenters. The van der Waals surface area contributed by atoms with Crippen molar-refractivity contribution in [3.63, 3.8) is 0 Å². The number of ether oxygens (including phenoxy) is 2. The summed E-state index contributed by atoms with van der Waals surface area (Å²) in [6.45, 7) is 1.78. The molecular formula is C19H19F2N3O4. The molecule has 1 aromatic heterocycles. The Balaban J connectivity index is 1.88. The van der Waals surface area contributed by atoms with Gasteiger partial charge in [0, 0.05) is 23.4 Å². The van der Waals surface area contributed by atoms with E-state index < -0.39 is 35.5 Å². The molecule has 7 nitrogen and oxygen atoms in total. The number of anilines is 1. The number of pyridine rings is 1. The van der Waals surface area contributed by atoms with Crippen LogP contribution in [-0.2, 0) is 9.53 Å². The summed E-state index contributed by atoms with van der Waals surface area (Å²) in [6, 6.07) is 5.22. The number of benzene rings is 1. The second-order valence-corrected chi connectivity index (χ2v) is 6.48. The molecule has 9 heteroatoms. The van der Waals surface area contributed by atoms with Gasteiger partial charge >= 0.3 is 0 Å². The van der Waals surface area contributed by atoms with E-state index >= 15 is 0 Å². The van der Waals surface area contributed by atoms with Crippen LogP contribution in [0, 0.1) is 11.6 Å². The molecule has 1 aliphatic heterocycles. The maximum Gasteiger partial charge on any atom is 0.267 e. The third-order valence-corrected chi connectivity index (χ3v) is 4.55. The number of halogens is 2. The zero-order valence-electron chi connectivity index (χ0n) is 15.2. The highest BCUT2D eigenvalue weighted by molar-refractivity contribution is 5.97. The average Bonchev–Trinajstić information content (AvgIpc) is 3.05. The molecule has 28 heavy (non-hydrogen) atoms. The highest BCUT2D eigenvalue weighted by atomic mass is 19.2. The second kappa shape index (κ2) is 7.89. The molecule has 1 aromatic carbocycles. The van der Waals surface area contributed by atoms with Crippen LogP contribution < -0.4 is 15.8 Å². The van der Waals surface area contributed by atoms with Gasteiger partial charge in [0.15, 0.2) is 11.6 Å². The molecule has 2 heterocycles. The van der Waals surface area contributed by atoms with Gasteiger partial charge in [-0.05, 0) is 31.5 Å². The van der Waals surface area contributed by atoms with Gasteiger partial charge in [0.1, 0.15) is 11.8 Å². The van der Waals surface area contributed by atoms with Crippen molar-refractivity contribution in [1.29, 1.82) is 0 Å². The van der Waals surface area contributed by atoms with E-state index in [-0.39, 0.29) is 17.5 Å². The van der Waals surface area contributed by atoms with Gasteiger partial charge in [-0.1, -0.05) is 6.07 Å². The van der Waals surface area contributed by atoms with E-state index in [2.05, 4.69) is 10.3 Å². The maximum absolute atomic E-state index is 14.1. The van der Waals surface area contributed by atoms with E-state index in [4.69, 9.17) is 15.2 Å². The molecule has 3 rings (SSSR count). The number of nitrogens with one attached hydrogen (secondary N) is 1. The Bertz CT molecular complexity index is 922. The zero-order valence-corrected chi connectivity index (χ0v) is 15.2. The third-order valence-electron chi connectivity index (χ3n) is 4.55. The smallest absolute Gasteiger partial charge is 0.267 e. The minimum atomic E-state index is -1.11. The Kier molecular flexibility index (Phi) is 5.55. The first-order valence-corrected chi connectivity index (χ1v) is 8.56. The fourth-order valence-corrected chi connectivity index (χ4v) is 3.32. The summed E-state index contributed by atoms with van der Waals surface area (Å²) in [4.78, 5) is 27.9. The number of carbonyl (C=O) groups excluding carboxylic acids is 2. The van der Waals surface area contributed by atoms with E-state index in [0.29, 0.717) is 17.7 Å². The molecule has 0 bridgehead atoms. The lowest BCUT2D eigenvalue weighted by Gasteiger charge is -2.21. The third kappa shape index (κ3) is 3.79. The second-order valence-electron chi connectivity index (χ2n) is 6.48. The first-order valence-electron chi connectivity index (χ1n) is 8.56. The van der Waals surface area contributed by atoms with Gasteiger partial charge in [0.05, 0.1) is 13.2 Å². The van der Waals surface area contributed by atoms with Crippen molar-refractivity contribution in [2.75, 3.05) is 12.4 Å². The van der Waals surface area contributed by atoms with Crippen LogP contribution in [0.5, 0.6) is 5.75 Å². The van der Waals surface area contributed by atoms with Crippen molar-refractivity contribution in [3.05, 3.63) is 53.4 Å². The lowest BCUT2D eigenvalue weighted by Crippen LogP contribution is -2.32. The molecular weight excluding hydrogens is 372 g/mol. The Hall–Kier alpha value is -3.07. The Morgan fingerprint density at radius 3 is 2.75 bits per heavy atom. The number of hydrogen-bond donors (Lipinski definition) is 2. The number of amides is 2. The van der Waals surface area contributed by atoms with Gasteiger partial charge in [0.25, 0.3) is 11.8 Å². The summed E-state index contributed by atoms with van der Waals surface area (Å²) in [5.74, 6) is -4.17. The van der Waals surface area contributed by atoms with E-state index in [1.54, 1.807) is 6.92 Å². The van der Waals surface area contributed by atoms with Crippen LogP contribution in [-0.4, -0.2) is 36.1 Å². The van der Waals surface area contributed by atoms with Gasteiger partial charge in [-0.3, -0.25) is 14.6 Å². The maximum atomic E-state index is 14.1. The number of rotatable bonds is 5. The molecule has 2 amide bonds. The molecule has 1 aliphatic rings. The van der Waals surface area contributed by atoms with E-state index in [0.717, 1.165) is 6.07 Å². The van der Waals surface area contributed by atoms with Gasteiger partial charge in [0.2, 0.25) is 5.82 Å². The minimum Gasteiger partial charge on any atom is -0.493 e. The van der Waals surface area contributed by atoms with Gasteiger partial charge in [-0.25, -0.2) is 4.39 Å². The molecule has 0 saturated carbocycles. The normalized spacial score (nSPS) is 21.4. The largest absolute Gasteiger partial charge is 0.493 e. The first kappa shape index (κ1) is 19.7. The highest BCUT2D eigenvalue weighted by Gasteiger charge is 2.41. The molecule has 3 N–H and O–H groups in total. The van der Waals surface area contributed by atoms with Crippen molar-refractivity contribution in [3.8, 4) is 5.75 Å². The van der Waals surface area contributed by atoms with Crippen LogP contribution in [0.15, 0.2) is 30.5 Å². The Morgan fingerprint density at radius 1 is 1.32 bits per heavy atom. The number of aromatic nitrogens is 1. The Morgan fingerprint density at radius 2 is 2.07 bits per heavy atom. The molecule has 0 radical (unpaired) electrons. The highest BCUT2D eigenvalue weighted by Crippen LogP contribution is 2.41. The molecule has 2 aromatic rings. The van der Waals surface area contributed by atoms with E-state index in [1.165, 1.54) is 31.5 Å². The summed E-state index contributed by atoms with van der Waals surface area (Å²) in [5.41, 5.74) is 5.85. The summed E-state index contributed by atoms with van der Waals surface area (Å²) < 4.78 is 38.4. The van der Waals surface area contributed by atoms with Crippen LogP contribution >= 0.6 is 0 Å². The van der Waals surface area contributed by atoms with Crippen LogP contribution in [0.3, 0.4) is 0 Å². The number of primary amides is 1. The fourth-order valence-electron chi connectivity index (χ4n) is 3.32. The quantitative estimate of drug-likeness (QED) is 0.814. The Labute approximate surface area is 159 Å². The minimum absolute atomic E-state index is 0.00247. The lowest BCUT2D eigenvalue weighted by molar-refractivity contribution is -0.126. The molecule has 1 fully saturated rings. The standard InChI is InChI=1S/C19H19F2N3O4/c1-9-7-12(11-3-4-13(20)15(21)16(11)27-2)17(28-9)19(26)24-10-5-6-23-14(8-10)18(22)25/h3-6,8-9,12,17H,7H2,1-2H3,(H2,22,25)(H,23,24,26). The van der Waals surface area contributed by atoms with Crippen molar-refractivity contribution in [2.45, 2.75) is 31.5 Å². The molecule has 3 unspecified atom stereocenters. The number of hydrogen-bond acceptors (Lipinski definition) is 5. The van der Waals surface area contributed by atoms with Crippen molar-refractivity contribution >= 4 is 17.5 Å². The van der Waals surface area contributed by atoms with Crippen LogP contribution in [0.1, 0.15) is 35.3 Å². The number of methoxy groups -OCH3 is 1. The van der Waals surface area contributed by atoms with Crippen molar-refractivity contribution in [2.24, 2.45) is 5.73 Å². The van der Waals surface area contributed by atoms with Crippen molar-refractivity contribution in [1.82, 2.24) is 4.98 Å². The monoisotopic (exact) mass is 391 g/mol.